The third-order valence-electron chi connectivity index (χ3n) is 6.33. The van der Waals surface area contributed by atoms with Crippen LogP contribution in [0.5, 0.6) is 0 Å². The number of rotatable bonds is 5. The molecule has 9 nitrogen and oxygen atoms in total. The van der Waals surface area contributed by atoms with Crippen molar-refractivity contribution in [1.82, 2.24) is 20.2 Å². The van der Waals surface area contributed by atoms with Gasteiger partial charge < -0.3 is 24.1 Å². The molecule has 178 valence electrons. The third kappa shape index (κ3) is 4.58. The lowest BCUT2D eigenvalue weighted by Crippen LogP contribution is -2.39. The van der Waals surface area contributed by atoms with Crippen molar-refractivity contribution in [3.05, 3.63) is 47.9 Å². The van der Waals surface area contributed by atoms with E-state index >= 15 is 0 Å². The van der Waals surface area contributed by atoms with Gasteiger partial charge in [-0.2, -0.15) is 4.98 Å². The van der Waals surface area contributed by atoms with Gasteiger partial charge in [0.25, 0.3) is 5.91 Å². The normalized spacial score (nSPS) is 22.1. The first kappa shape index (κ1) is 22.3. The van der Waals surface area contributed by atoms with Gasteiger partial charge in [0, 0.05) is 37.3 Å². The second-order valence-electron chi connectivity index (χ2n) is 8.61. The number of carbonyl (C=O) groups is 2. The first-order chi connectivity index (χ1) is 16.5. The van der Waals surface area contributed by atoms with Crippen molar-refractivity contribution in [3.63, 3.8) is 0 Å². The summed E-state index contributed by atoms with van der Waals surface area (Å²) in [6.45, 7) is 0.597. The molecule has 0 radical (unpaired) electrons. The molecule has 2 fully saturated rings. The van der Waals surface area contributed by atoms with Crippen LogP contribution in [0, 0.1) is 5.82 Å². The molecule has 0 unspecified atom stereocenters. The molecule has 34 heavy (non-hydrogen) atoms. The molecule has 10 heteroatoms. The summed E-state index contributed by atoms with van der Waals surface area (Å²) in [5.74, 6) is -0.840. The molecule has 1 aliphatic heterocycles. The lowest BCUT2D eigenvalue weighted by Gasteiger charge is -2.25. The maximum Gasteiger partial charge on any atom is 0.409 e. The van der Waals surface area contributed by atoms with Gasteiger partial charge >= 0.3 is 6.09 Å². The van der Waals surface area contributed by atoms with E-state index in [4.69, 9.17) is 13.9 Å². The Bertz CT molecular complexity index is 1180. The van der Waals surface area contributed by atoms with Gasteiger partial charge in [0.1, 0.15) is 5.82 Å². The summed E-state index contributed by atoms with van der Waals surface area (Å²) < 4.78 is 31.1. The summed E-state index contributed by atoms with van der Waals surface area (Å²) >= 11 is 0. The maximum atomic E-state index is 14.9. The van der Waals surface area contributed by atoms with E-state index < -0.39 is 24.1 Å². The molecule has 1 aliphatic carbocycles. The minimum absolute atomic E-state index is 0.0327. The predicted octanol–water partition coefficient (Wildman–Crippen LogP) is 3.88. The predicted molar refractivity (Wildman–Crippen MR) is 119 cm³/mol. The highest BCUT2D eigenvalue weighted by Gasteiger charge is 2.33. The van der Waals surface area contributed by atoms with Crippen LogP contribution in [0.1, 0.15) is 42.5 Å². The molecule has 0 spiro atoms. The molecule has 1 aromatic carbocycles. The number of amides is 2. The molecule has 1 saturated heterocycles. The van der Waals surface area contributed by atoms with E-state index in [0.29, 0.717) is 49.1 Å². The van der Waals surface area contributed by atoms with Crippen molar-refractivity contribution in [2.24, 2.45) is 0 Å². The first-order valence-electron chi connectivity index (χ1n) is 11.4. The van der Waals surface area contributed by atoms with Crippen molar-refractivity contribution in [3.8, 4) is 11.5 Å². The number of hydrogen-bond acceptors (Lipinski definition) is 7. The zero-order chi connectivity index (χ0) is 23.7. The molecule has 3 aromatic rings. The highest BCUT2D eigenvalue weighted by atomic mass is 19.1. The Morgan fingerprint density at radius 1 is 1.24 bits per heavy atom. The van der Waals surface area contributed by atoms with Crippen molar-refractivity contribution in [2.45, 2.75) is 50.5 Å². The SMILES string of the molecule is CN(C(=O)c1ccc(-c2nc3ncccc3o2)cc1F)[C@@H]1CC[C@H](NC(=O)O[C@H]2CCCO2)C1. The number of halogens is 1. The van der Waals surface area contributed by atoms with Crippen LogP contribution in [-0.2, 0) is 9.47 Å². The Morgan fingerprint density at radius 3 is 2.88 bits per heavy atom. The van der Waals surface area contributed by atoms with Crippen LogP contribution in [0.4, 0.5) is 9.18 Å². The molecule has 3 atom stereocenters. The Balaban J connectivity index is 1.21. The molecule has 0 bridgehead atoms. The van der Waals surface area contributed by atoms with Crippen molar-refractivity contribution < 1.29 is 27.9 Å². The molecule has 2 aromatic heterocycles. The lowest BCUT2D eigenvalue weighted by atomic mass is 10.1. The number of benzene rings is 1. The van der Waals surface area contributed by atoms with E-state index in [9.17, 15) is 14.0 Å². The summed E-state index contributed by atoms with van der Waals surface area (Å²) in [5.41, 5.74) is 1.32. The second kappa shape index (κ2) is 9.38. The Labute approximate surface area is 195 Å². The molecule has 1 N–H and O–H groups in total. The zero-order valence-electron chi connectivity index (χ0n) is 18.7. The number of pyridine rings is 1. The minimum atomic E-state index is -0.655. The Hall–Kier alpha value is -3.53. The average molecular weight is 468 g/mol. The summed E-state index contributed by atoms with van der Waals surface area (Å²) in [4.78, 5) is 35.0. The summed E-state index contributed by atoms with van der Waals surface area (Å²) in [7, 11) is 1.65. The summed E-state index contributed by atoms with van der Waals surface area (Å²) in [5, 5.41) is 2.84. The number of alkyl carbamates (subject to hydrolysis) is 1. The molecule has 2 amide bonds. The largest absolute Gasteiger partial charge is 0.434 e. The number of oxazole rings is 1. The van der Waals surface area contributed by atoms with Crippen LogP contribution >= 0.6 is 0 Å². The smallest absolute Gasteiger partial charge is 0.409 e. The highest BCUT2D eigenvalue weighted by Crippen LogP contribution is 2.28. The fourth-order valence-electron chi connectivity index (χ4n) is 4.47. The molecule has 5 rings (SSSR count). The second-order valence-corrected chi connectivity index (χ2v) is 8.61. The van der Waals surface area contributed by atoms with Gasteiger partial charge in [0.2, 0.25) is 12.2 Å². The topological polar surface area (TPSA) is 107 Å². The van der Waals surface area contributed by atoms with Crippen LogP contribution < -0.4 is 5.32 Å². The fourth-order valence-corrected chi connectivity index (χ4v) is 4.47. The molecular weight excluding hydrogens is 443 g/mol. The van der Waals surface area contributed by atoms with E-state index in [2.05, 4.69) is 15.3 Å². The molecule has 3 heterocycles. The average Bonchev–Trinajstić information content (AvgIpc) is 3.59. The van der Waals surface area contributed by atoms with E-state index in [0.717, 1.165) is 6.42 Å². The van der Waals surface area contributed by atoms with E-state index in [1.165, 1.54) is 17.0 Å². The molecular formula is C24H25FN4O5. The van der Waals surface area contributed by atoms with E-state index in [-0.39, 0.29) is 23.5 Å². The van der Waals surface area contributed by atoms with Crippen LogP contribution in [-0.4, -0.2) is 58.9 Å². The Kier molecular flexibility index (Phi) is 6.14. The van der Waals surface area contributed by atoms with Crippen LogP contribution in [0.3, 0.4) is 0 Å². The number of hydrogen-bond donors (Lipinski definition) is 1. The Morgan fingerprint density at radius 2 is 2.12 bits per heavy atom. The highest BCUT2D eigenvalue weighted by molar-refractivity contribution is 5.95. The third-order valence-corrected chi connectivity index (χ3v) is 6.33. The van der Waals surface area contributed by atoms with Crippen molar-refractivity contribution in [1.29, 1.82) is 0 Å². The van der Waals surface area contributed by atoms with Crippen LogP contribution in [0.25, 0.3) is 22.7 Å². The van der Waals surface area contributed by atoms with Gasteiger partial charge in [-0.1, -0.05) is 0 Å². The number of carbonyl (C=O) groups excluding carboxylic acids is 2. The van der Waals surface area contributed by atoms with Crippen molar-refractivity contribution in [2.75, 3.05) is 13.7 Å². The standard InChI is InChI=1S/C24H25FN4O5/c1-29(16-8-7-15(13-16)27-24(31)34-20-5-3-11-32-20)23(30)17-9-6-14(12-18(17)25)22-28-21-19(33-22)4-2-10-26-21/h2,4,6,9-10,12,15-16,20H,3,5,7-8,11,13H2,1H3,(H,27,31)/t15-,16+,20-/m0/s1. The fraction of sp³-hybridized carbons (Fsp3) is 0.417. The monoisotopic (exact) mass is 468 g/mol. The number of nitrogens with zero attached hydrogens (tertiary/aromatic N) is 3. The molecule has 2 aliphatic rings. The maximum absolute atomic E-state index is 14.9. The van der Waals surface area contributed by atoms with Gasteiger partial charge in [-0.05, 0) is 56.0 Å². The summed E-state index contributed by atoms with van der Waals surface area (Å²) in [6, 6.07) is 7.51. The lowest BCUT2D eigenvalue weighted by molar-refractivity contribution is -0.0685. The number of nitrogens with one attached hydrogen (secondary N) is 1. The van der Waals surface area contributed by atoms with Gasteiger partial charge in [-0.3, -0.25) is 4.79 Å². The van der Waals surface area contributed by atoms with Crippen molar-refractivity contribution >= 4 is 23.2 Å². The number of aromatic nitrogens is 2. The summed E-state index contributed by atoms with van der Waals surface area (Å²) in [6.07, 6.45) is 4.15. The number of ether oxygens (including phenoxy) is 2. The first-order valence-corrected chi connectivity index (χ1v) is 11.4. The van der Waals surface area contributed by atoms with Gasteiger partial charge in [-0.15, -0.1) is 0 Å². The van der Waals surface area contributed by atoms with Crippen LogP contribution in [0.2, 0.25) is 0 Å². The van der Waals surface area contributed by atoms with Crippen LogP contribution in [0.15, 0.2) is 40.9 Å². The van der Waals surface area contributed by atoms with Gasteiger partial charge in [0.05, 0.1) is 12.2 Å². The quantitative estimate of drug-likeness (QED) is 0.605. The molecule has 1 saturated carbocycles. The van der Waals surface area contributed by atoms with Gasteiger partial charge in [-0.25, -0.2) is 14.2 Å². The van der Waals surface area contributed by atoms with E-state index in [1.807, 2.05) is 0 Å². The van der Waals surface area contributed by atoms with Gasteiger partial charge in [0.15, 0.2) is 11.2 Å². The minimum Gasteiger partial charge on any atom is -0.434 e. The zero-order valence-corrected chi connectivity index (χ0v) is 18.7. The number of fused-ring (bicyclic) bond motifs is 1. The van der Waals surface area contributed by atoms with E-state index in [1.54, 1.807) is 31.4 Å².